The number of oxime groups is 1. The Kier molecular flexibility index (Phi) is 5.63. The molecule has 10 heteroatoms. The van der Waals surface area contributed by atoms with Gasteiger partial charge in [-0.25, -0.2) is 4.79 Å². The van der Waals surface area contributed by atoms with E-state index in [-0.39, 0.29) is 36.5 Å². The predicted octanol–water partition coefficient (Wildman–Crippen LogP) is 1.83. The number of amidine groups is 1. The molecular formula is C19H16N4O6. The van der Waals surface area contributed by atoms with Crippen molar-refractivity contribution in [3.05, 3.63) is 75.3 Å². The van der Waals surface area contributed by atoms with Crippen molar-refractivity contribution >= 4 is 29.3 Å². The van der Waals surface area contributed by atoms with Crippen LogP contribution in [0, 0.1) is 10.1 Å². The molecule has 2 aromatic carbocycles. The van der Waals surface area contributed by atoms with Crippen molar-refractivity contribution in [3.8, 4) is 0 Å². The van der Waals surface area contributed by atoms with Crippen molar-refractivity contribution in [2.24, 2.45) is 10.9 Å². The number of nitrogens with two attached hydrogens (primary N) is 1. The Morgan fingerprint density at radius 1 is 1.10 bits per heavy atom. The minimum Gasteiger partial charge on any atom is -0.380 e. The molecule has 0 bridgehead atoms. The first kappa shape index (κ1) is 19.7. The fourth-order valence-electron chi connectivity index (χ4n) is 2.80. The van der Waals surface area contributed by atoms with Crippen LogP contribution in [0.5, 0.6) is 0 Å². The number of hydrogen-bond donors (Lipinski definition) is 1. The highest BCUT2D eigenvalue weighted by molar-refractivity contribution is 6.21. The first-order valence-corrected chi connectivity index (χ1v) is 8.62. The van der Waals surface area contributed by atoms with Crippen molar-refractivity contribution in [1.82, 2.24) is 4.90 Å². The molecule has 0 radical (unpaired) electrons. The number of hydrogen-bond acceptors (Lipinski definition) is 7. The van der Waals surface area contributed by atoms with Crippen LogP contribution in [-0.2, 0) is 9.63 Å². The molecule has 2 aromatic rings. The van der Waals surface area contributed by atoms with E-state index in [1.165, 1.54) is 24.3 Å². The Hall–Kier alpha value is -4.08. The number of rotatable bonds is 7. The van der Waals surface area contributed by atoms with Gasteiger partial charge in [0.05, 0.1) is 16.1 Å². The summed E-state index contributed by atoms with van der Waals surface area (Å²) in [4.78, 5) is 52.3. The van der Waals surface area contributed by atoms with Crippen LogP contribution in [-0.4, -0.2) is 40.0 Å². The molecule has 0 atom stereocenters. The predicted molar refractivity (Wildman–Crippen MR) is 101 cm³/mol. The van der Waals surface area contributed by atoms with Crippen molar-refractivity contribution in [1.29, 1.82) is 0 Å². The van der Waals surface area contributed by atoms with Crippen LogP contribution in [0.4, 0.5) is 5.69 Å². The number of nitro benzene ring substituents is 1. The van der Waals surface area contributed by atoms with Crippen LogP contribution in [0.1, 0.15) is 39.1 Å². The Bertz CT molecular complexity index is 998. The average Bonchev–Trinajstić information content (AvgIpc) is 2.97. The maximum Gasteiger partial charge on any atom is 0.335 e. The monoisotopic (exact) mass is 396 g/mol. The number of carbonyl (C=O) groups is 3. The summed E-state index contributed by atoms with van der Waals surface area (Å²) in [5, 5.41) is 14.3. The van der Waals surface area contributed by atoms with Crippen LogP contribution >= 0.6 is 0 Å². The molecule has 10 nitrogen and oxygen atoms in total. The van der Waals surface area contributed by atoms with Crippen LogP contribution in [0.15, 0.2) is 53.7 Å². The molecule has 0 spiro atoms. The van der Waals surface area contributed by atoms with Crippen LogP contribution in [0.3, 0.4) is 0 Å². The average molecular weight is 396 g/mol. The van der Waals surface area contributed by atoms with Gasteiger partial charge in [0.2, 0.25) is 0 Å². The van der Waals surface area contributed by atoms with E-state index in [2.05, 4.69) is 5.16 Å². The molecular weight excluding hydrogens is 380 g/mol. The minimum atomic E-state index is -0.713. The molecule has 0 aliphatic carbocycles. The summed E-state index contributed by atoms with van der Waals surface area (Å²) in [5.74, 6) is -1.70. The van der Waals surface area contributed by atoms with E-state index in [4.69, 9.17) is 10.6 Å². The van der Waals surface area contributed by atoms with E-state index in [0.29, 0.717) is 11.1 Å². The highest BCUT2D eigenvalue weighted by Crippen LogP contribution is 2.22. The van der Waals surface area contributed by atoms with Crippen LogP contribution in [0.2, 0.25) is 0 Å². The van der Waals surface area contributed by atoms with E-state index in [1.54, 1.807) is 24.3 Å². The maximum atomic E-state index is 12.2. The van der Waals surface area contributed by atoms with Gasteiger partial charge in [0.15, 0.2) is 5.84 Å². The Morgan fingerprint density at radius 2 is 1.76 bits per heavy atom. The molecule has 0 saturated heterocycles. The van der Waals surface area contributed by atoms with E-state index >= 15 is 0 Å². The smallest absolute Gasteiger partial charge is 0.335 e. The van der Waals surface area contributed by atoms with Gasteiger partial charge in [-0.1, -0.05) is 29.4 Å². The molecule has 1 aliphatic rings. The van der Waals surface area contributed by atoms with Gasteiger partial charge in [0.1, 0.15) is 0 Å². The standard InChI is InChI=1S/C19H16N4O6/c20-17(12-5-3-6-13(11-12)23(27)28)21-29-16(24)9-4-10-22-18(25)14-7-1-2-8-15(14)19(22)26/h1-3,5-8,11H,4,9-10H2,(H2,20,21). The number of nitro groups is 1. The van der Waals surface area contributed by atoms with E-state index < -0.39 is 22.7 Å². The zero-order chi connectivity index (χ0) is 21.0. The third-order valence-electron chi connectivity index (χ3n) is 4.24. The fourth-order valence-corrected chi connectivity index (χ4v) is 2.80. The molecule has 29 heavy (non-hydrogen) atoms. The highest BCUT2D eigenvalue weighted by Gasteiger charge is 2.34. The summed E-state index contributed by atoms with van der Waals surface area (Å²) in [5.41, 5.74) is 6.42. The summed E-state index contributed by atoms with van der Waals surface area (Å²) >= 11 is 0. The lowest BCUT2D eigenvalue weighted by Crippen LogP contribution is -2.31. The number of carbonyl (C=O) groups excluding carboxylic acids is 3. The summed E-state index contributed by atoms with van der Waals surface area (Å²) in [7, 11) is 0. The summed E-state index contributed by atoms with van der Waals surface area (Å²) < 4.78 is 0. The third kappa shape index (κ3) is 4.26. The SMILES string of the molecule is NC(=NOC(=O)CCCN1C(=O)c2ccccc2C1=O)c1cccc([N+](=O)[O-])c1. The minimum absolute atomic E-state index is 0.0610. The van der Waals surface area contributed by atoms with Gasteiger partial charge in [-0.2, -0.15) is 0 Å². The van der Waals surface area contributed by atoms with Gasteiger partial charge < -0.3 is 10.6 Å². The van der Waals surface area contributed by atoms with E-state index in [1.807, 2.05) is 0 Å². The number of nitrogens with zero attached hydrogens (tertiary/aromatic N) is 3. The van der Waals surface area contributed by atoms with Gasteiger partial charge >= 0.3 is 5.97 Å². The quantitative estimate of drug-likeness (QED) is 0.188. The van der Waals surface area contributed by atoms with Gasteiger partial charge in [-0.3, -0.25) is 24.6 Å². The van der Waals surface area contributed by atoms with Crippen molar-refractivity contribution in [2.45, 2.75) is 12.8 Å². The largest absolute Gasteiger partial charge is 0.380 e. The van der Waals surface area contributed by atoms with Crippen molar-refractivity contribution in [3.63, 3.8) is 0 Å². The number of fused-ring (bicyclic) bond motifs is 1. The molecule has 0 fully saturated rings. The lowest BCUT2D eigenvalue weighted by molar-refractivity contribution is -0.384. The number of amides is 2. The number of imide groups is 1. The second-order valence-corrected chi connectivity index (χ2v) is 6.16. The maximum absolute atomic E-state index is 12.2. The van der Waals surface area contributed by atoms with Gasteiger partial charge in [-0.05, 0) is 18.6 Å². The van der Waals surface area contributed by atoms with Crippen molar-refractivity contribution in [2.75, 3.05) is 6.54 Å². The topological polar surface area (TPSA) is 145 Å². The Morgan fingerprint density at radius 3 is 2.38 bits per heavy atom. The first-order valence-electron chi connectivity index (χ1n) is 8.62. The normalized spacial score (nSPS) is 13.4. The molecule has 1 aliphatic heterocycles. The van der Waals surface area contributed by atoms with Gasteiger partial charge in [0, 0.05) is 30.7 Å². The molecule has 2 N–H and O–H groups in total. The van der Waals surface area contributed by atoms with E-state index in [0.717, 1.165) is 4.90 Å². The molecule has 2 amide bonds. The summed E-state index contributed by atoms with van der Waals surface area (Å²) in [6, 6.07) is 11.9. The summed E-state index contributed by atoms with van der Waals surface area (Å²) in [6.07, 6.45) is 0.0929. The highest BCUT2D eigenvalue weighted by atomic mass is 16.7. The second-order valence-electron chi connectivity index (χ2n) is 6.16. The molecule has 0 aromatic heterocycles. The zero-order valence-corrected chi connectivity index (χ0v) is 15.1. The Labute approximate surface area is 164 Å². The van der Waals surface area contributed by atoms with E-state index in [9.17, 15) is 24.5 Å². The van der Waals surface area contributed by atoms with Gasteiger partial charge in [0.25, 0.3) is 17.5 Å². The number of benzene rings is 2. The zero-order valence-electron chi connectivity index (χ0n) is 15.1. The molecule has 148 valence electrons. The first-order chi connectivity index (χ1) is 13.9. The lowest BCUT2D eigenvalue weighted by Gasteiger charge is -2.12. The van der Waals surface area contributed by atoms with Crippen LogP contribution < -0.4 is 5.73 Å². The molecule has 3 rings (SSSR count). The lowest BCUT2D eigenvalue weighted by atomic mass is 10.1. The number of non-ortho nitro benzene ring substituents is 1. The molecule has 0 saturated carbocycles. The molecule has 1 heterocycles. The molecule has 0 unspecified atom stereocenters. The second kappa shape index (κ2) is 8.30. The summed E-state index contributed by atoms with van der Waals surface area (Å²) in [6.45, 7) is 0.0610. The third-order valence-corrected chi connectivity index (χ3v) is 4.24. The van der Waals surface area contributed by atoms with Crippen molar-refractivity contribution < 1.29 is 24.1 Å². The Balaban J connectivity index is 1.51. The fraction of sp³-hybridized carbons (Fsp3) is 0.158. The van der Waals surface area contributed by atoms with Gasteiger partial charge in [-0.15, -0.1) is 0 Å². The van der Waals surface area contributed by atoms with Crippen LogP contribution in [0.25, 0.3) is 0 Å².